The third kappa shape index (κ3) is 3.77. The van der Waals surface area contributed by atoms with Gasteiger partial charge in [-0.3, -0.25) is 14.5 Å². The van der Waals surface area contributed by atoms with E-state index in [0.717, 1.165) is 24.2 Å². The lowest BCUT2D eigenvalue weighted by molar-refractivity contribution is -0.130. The Kier molecular flexibility index (Phi) is 4.52. The van der Waals surface area contributed by atoms with Gasteiger partial charge in [0.25, 0.3) is 0 Å². The number of guanidine groups is 1. The third-order valence-electron chi connectivity index (χ3n) is 6.76. The number of rotatable bonds is 5. The van der Waals surface area contributed by atoms with Gasteiger partial charge < -0.3 is 15.8 Å². The van der Waals surface area contributed by atoms with Crippen molar-refractivity contribution in [3.05, 3.63) is 29.8 Å². The fourth-order valence-corrected chi connectivity index (χ4v) is 4.82. The summed E-state index contributed by atoms with van der Waals surface area (Å²) in [6.07, 6.45) is 4.56. The Balaban J connectivity index is 1.22. The number of amides is 2. The van der Waals surface area contributed by atoms with Gasteiger partial charge in [-0.05, 0) is 51.0 Å². The molecule has 7 nitrogen and oxygen atoms in total. The summed E-state index contributed by atoms with van der Waals surface area (Å²) in [5.74, 6) is 1.90. The molecular weight excluding hydrogens is 380 g/mol. The number of nitrogens with two attached hydrogens (primary N) is 1. The minimum Gasteiger partial charge on any atom is -0.490 e. The van der Waals surface area contributed by atoms with E-state index in [1.165, 1.54) is 12.8 Å². The first-order chi connectivity index (χ1) is 14.3. The van der Waals surface area contributed by atoms with Crippen molar-refractivity contribution in [1.82, 2.24) is 10.2 Å². The predicted molar refractivity (Wildman–Crippen MR) is 113 cm³/mol. The molecular formula is C23H30N4O3. The molecule has 2 aliphatic carbocycles. The maximum atomic E-state index is 13.0. The maximum Gasteiger partial charge on any atom is 0.231 e. The van der Waals surface area contributed by atoms with Crippen molar-refractivity contribution in [2.75, 3.05) is 6.54 Å². The van der Waals surface area contributed by atoms with Crippen LogP contribution in [0.15, 0.2) is 29.3 Å². The van der Waals surface area contributed by atoms with Crippen LogP contribution in [-0.4, -0.2) is 40.9 Å². The van der Waals surface area contributed by atoms with Gasteiger partial charge in [0.15, 0.2) is 5.96 Å². The summed E-state index contributed by atoms with van der Waals surface area (Å²) < 4.78 is 6.18. The van der Waals surface area contributed by atoms with Crippen molar-refractivity contribution in [3.63, 3.8) is 0 Å². The van der Waals surface area contributed by atoms with E-state index >= 15 is 0 Å². The van der Waals surface area contributed by atoms with Crippen LogP contribution in [0.25, 0.3) is 0 Å². The largest absolute Gasteiger partial charge is 0.490 e. The molecule has 0 aromatic heterocycles. The van der Waals surface area contributed by atoms with Gasteiger partial charge in [-0.15, -0.1) is 0 Å². The molecule has 30 heavy (non-hydrogen) atoms. The summed E-state index contributed by atoms with van der Waals surface area (Å²) in [7, 11) is 0. The normalized spacial score (nSPS) is 32.0. The van der Waals surface area contributed by atoms with E-state index in [0.29, 0.717) is 18.9 Å². The van der Waals surface area contributed by atoms with Crippen LogP contribution >= 0.6 is 0 Å². The van der Waals surface area contributed by atoms with Gasteiger partial charge in [0.2, 0.25) is 11.8 Å². The van der Waals surface area contributed by atoms with Crippen LogP contribution in [0, 0.1) is 17.8 Å². The first-order valence-corrected chi connectivity index (χ1v) is 11.0. The quantitative estimate of drug-likeness (QED) is 0.779. The topological polar surface area (TPSA) is 97.0 Å². The zero-order chi connectivity index (χ0) is 21.0. The van der Waals surface area contributed by atoms with E-state index in [2.05, 4.69) is 10.3 Å². The molecule has 5 rings (SSSR count). The number of fused-ring (bicyclic) bond motifs is 1. The molecule has 1 aromatic carbocycles. The second-order valence-corrected chi connectivity index (χ2v) is 9.89. The SMILES string of the molecule is CC1(C)CC(=O)N(CC2CC2C(=O)N[C@H]2CC(C3CC3)Oc3ccccc32)C(N)=N1. The molecule has 7 heteroatoms. The van der Waals surface area contributed by atoms with Crippen LogP contribution in [0.4, 0.5) is 0 Å². The molecule has 2 amide bonds. The van der Waals surface area contributed by atoms with E-state index in [1.807, 2.05) is 38.1 Å². The average Bonchev–Trinajstić information content (AvgIpc) is 3.58. The van der Waals surface area contributed by atoms with Gasteiger partial charge >= 0.3 is 0 Å². The molecule has 3 unspecified atom stereocenters. The molecule has 160 valence electrons. The van der Waals surface area contributed by atoms with Crippen molar-refractivity contribution >= 4 is 17.8 Å². The number of para-hydroxylation sites is 1. The first-order valence-electron chi connectivity index (χ1n) is 11.0. The first kappa shape index (κ1) is 19.4. The standard InChI is InChI=1S/C23H30N4O3/c1-23(2)11-20(28)27(22(24)26-23)12-14-9-16(14)21(29)25-17-10-19(13-7-8-13)30-18-6-4-3-5-15(17)18/h3-6,13-14,16-17,19H,7-12H2,1-2H3,(H2,24,26)(H,25,29)/t14?,16?,17-,19?/m0/s1. The molecule has 0 spiro atoms. The van der Waals surface area contributed by atoms with Crippen molar-refractivity contribution in [3.8, 4) is 5.75 Å². The number of nitrogens with one attached hydrogen (secondary N) is 1. The van der Waals surface area contributed by atoms with Crippen molar-refractivity contribution in [2.24, 2.45) is 28.5 Å². The summed E-state index contributed by atoms with van der Waals surface area (Å²) in [5, 5.41) is 3.27. The number of aliphatic imine (C=N–C) groups is 1. The molecule has 0 bridgehead atoms. The predicted octanol–water partition coefficient (Wildman–Crippen LogP) is 2.37. The van der Waals surface area contributed by atoms with Crippen LogP contribution in [0.2, 0.25) is 0 Å². The molecule has 2 heterocycles. The van der Waals surface area contributed by atoms with Gasteiger partial charge in [0.1, 0.15) is 11.9 Å². The summed E-state index contributed by atoms with van der Waals surface area (Å²) >= 11 is 0. The lowest BCUT2D eigenvalue weighted by Crippen LogP contribution is -2.50. The summed E-state index contributed by atoms with van der Waals surface area (Å²) in [5.41, 5.74) is 6.64. The van der Waals surface area contributed by atoms with Crippen molar-refractivity contribution in [1.29, 1.82) is 0 Å². The Morgan fingerprint density at radius 1 is 1.30 bits per heavy atom. The number of carbonyl (C=O) groups excluding carboxylic acids is 2. The maximum absolute atomic E-state index is 13.0. The Hall–Kier alpha value is -2.57. The van der Waals surface area contributed by atoms with Crippen LogP contribution in [-0.2, 0) is 9.59 Å². The van der Waals surface area contributed by atoms with Crippen LogP contribution in [0.1, 0.15) is 57.6 Å². The number of benzene rings is 1. The summed E-state index contributed by atoms with van der Waals surface area (Å²) in [6, 6.07) is 7.99. The molecule has 4 atom stereocenters. The second kappa shape index (κ2) is 7.00. The zero-order valence-corrected chi connectivity index (χ0v) is 17.6. The lowest BCUT2D eigenvalue weighted by atomic mass is 9.94. The van der Waals surface area contributed by atoms with Crippen molar-refractivity contribution in [2.45, 2.75) is 63.6 Å². The van der Waals surface area contributed by atoms with E-state index in [4.69, 9.17) is 10.5 Å². The highest BCUT2D eigenvalue weighted by Gasteiger charge is 2.47. The highest BCUT2D eigenvalue weighted by molar-refractivity contribution is 5.99. The Bertz CT molecular complexity index is 907. The fraction of sp³-hybridized carbons (Fsp3) is 0.609. The van der Waals surface area contributed by atoms with E-state index in [1.54, 1.807) is 4.90 Å². The molecule has 4 aliphatic rings. The van der Waals surface area contributed by atoms with Crippen molar-refractivity contribution < 1.29 is 14.3 Å². The van der Waals surface area contributed by atoms with Gasteiger partial charge in [0, 0.05) is 24.4 Å². The highest BCUT2D eigenvalue weighted by atomic mass is 16.5. The van der Waals surface area contributed by atoms with Crippen LogP contribution in [0.3, 0.4) is 0 Å². The molecule has 1 aromatic rings. The minimum absolute atomic E-state index is 0.0100. The smallest absolute Gasteiger partial charge is 0.231 e. The summed E-state index contributed by atoms with van der Waals surface area (Å²) in [6.45, 7) is 4.28. The second-order valence-electron chi connectivity index (χ2n) is 9.89. The van der Waals surface area contributed by atoms with Gasteiger partial charge in [-0.2, -0.15) is 0 Å². The molecule has 2 aliphatic heterocycles. The molecule has 3 N–H and O–H groups in total. The summed E-state index contributed by atoms with van der Waals surface area (Å²) in [4.78, 5) is 31.4. The van der Waals surface area contributed by atoms with E-state index in [9.17, 15) is 9.59 Å². The van der Waals surface area contributed by atoms with Gasteiger partial charge in [-0.1, -0.05) is 18.2 Å². The Morgan fingerprint density at radius 3 is 2.80 bits per heavy atom. The van der Waals surface area contributed by atoms with Crippen LogP contribution < -0.4 is 15.8 Å². The number of carbonyl (C=O) groups is 2. The molecule has 2 fully saturated rings. The minimum atomic E-state index is -0.452. The van der Waals surface area contributed by atoms with Gasteiger partial charge in [-0.25, -0.2) is 4.99 Å². The van der Waals surface area contributed by atoms with Crippen LogP contribution in [0.5, 0.6) is 5.75 Å². The molecule has 2 saturated carbocycles. The zero-order valence-electron chi connectivity index (χ0n) is 17.6. The Morgan fingerprint density at radius 2 is 2.07 bits per heavy atom. The number of nitrogens with zero attached hydrogens (tertiary/aromatic N) is 2. The number of hydrogen-bond acceptors (Lipinski definition) is 5. The molecule has 0 radical (unpaired) electrons. The fourth-order valence-electron chi connectivity index (χ4n) is 4.82. The number of hydrogen-bond donors (Lipinski definition) is 2. The monoisotopic (exact) mass is 410 g/mol. The third-order valence-corrected chi connectivity index (χ3v) is 6.76. The van der Waals surface area contributed by atoms with E-state index < -0.39 is 5.54 Å². The lowest BCUT2D eigenvalue weighted by Gasteiger charge is -2.33. The average molecular weight is 411 g/mol. The Labute approximate surface area is 177 Å². The van der Waals surface area contributed by atoms with E-state index in [-0.39, 0.29) is 41.8 Å². The molecule has 0 saturated heterocycles. The number of ether oxygens (including phenoxy) is 1. The van der Waals surface area contributed by atoms with Gasteiger partial charge in [0.05, 0.1) is 18.0 Å². The highest BCUT2D eigenvalue weighted by Crippen LogP contribution is 2.45.